The fourth-order valence-electron chi connectivity index (χ4n) is 1.28. The molecule has 0 aliphatic rings. The third-order valence-electron chi connectivity index (χ3n) is 1.84. The van der Waals surface area contributed by atoms with Gasteiger partial charge in [-0.05, 0) is 17.6 Å². The summed E-state index contributed by atoms with van der Waals surface area (Å²) in [5, 5.41) is 0. The van der Waals surface area contributed by atoms with E-state index in [-0.39, 0.29) is 0 Å². The molecule has 0 amide bonds. The summed E-state index contributed by atoms with van der Waals surface area (Å²) < 4.78 is 0. The second kappa shape index (κ2) is 3.47. The van der Waals surface area contributed by atoms with E-state index in [0.717, 1.165) is 19.7 Å². The van der Waals surface area contributed by atoms with E-state index >= 15 is 0 Å². The zero-order chi connectivity index (χ0) is 9.14. The minimum absolute atomic E-state index is 0.629. The van der Waals surface area contributed by atoms with E-state index in [9.17, 15) is 0 Å². The summed E-state index contributed by atoms with van der Waals surface area (Å²) >= 11 is 0. The number of nitrogen functional groups attached to an aromatic ring is 3. The first-order chi connectivity index (χ1) is 5.65. The van der Waals surface area contributed by atoms with Gasteiger partial charge in [0.05, 0.1) is 14.8 Å². The molecule has 0 atom stereocenters. The van der Waals surface area contributed by atoms with Crippen LogP contribution in [0.1, 0.15) is 0 Å². The number of benzene rings is 1. The number of anilines is 3. The number of nitrogens with two attached hydrogens (primary N) is 3. The Balaban J connectivity index is 3.10. The van der Waals surface area contributed by atoms with Crippen molar-refractivity contribution in [3.63, 3.8) is 0 Å². The van der Waals surface area contributed by atoms with Gasteiger partial charge in [-0.3, -0.25) is 0 Å². The molecule has 0 aliphatic carbocycles. The van der Waals surface area contributed by atoms with Gasteiger partial charge in [-0.1, -0.05) is 0 Å². The number of hydrogen-bond donors (Lipinski definition) is 3. The molecule has 1 rings (SSSR count). The van der Waals surface area contributed by atoms with Crippen LogP contribution >= 0.6 is 0 Å². The highest BCUT2D eigenvalue weighted by atomic mass is 14.6. The lowest BCUT2D eigenvalue weighted by atomic mass is 9.26. The maximum atomic E-state index is 5.75. The Morgan fingerprint density at radius 1 is 1.08 bits per heavy atom. The average molecular weight is 159 g/mol. The van der Waals surface area contributed by atoms with Crippen molar-refractivity contribution in [3.8, 4) is 0 Å². The summed E-state index contributed by atoms with van der Waals surface area (Å²) in [7, 11) is 4.05. The minimum Gasteiger partial charge on any atom is -0.399 e. The highest BCUT2D eigenvalue weighted by Gasteiger charge is 2.04. The lowest BCUT2D eigenvalue weighted by Crippen LogP contribution is -2.27. The molecule has 0 spiro atoms. The average Bonchev–Trinajstić information content (AvgIpc) is 1.96. The fraction of sp³-hybridized carbons (Fsp3) is 0. The van der Waals surface area contributed by atoms with Gasteiger partial charge < -0.3 is 17.2 Å². The Labute approximate surface area is 74.5 Å². The van der Waals surface area contributed by atoms with Crippen molar-refractivity contribution in [2.24, 2.45) is 0 Å². The molecule has 1 aromatic carbocycles. The van der Waals surface area contributed by atoms with E-state index in [2.05, 4.69) is 7.74 Å². The fourth-order valence-corrected chi connectivity index (χ4v) is 1.28. The standard InChI is InChI=1S/C6H12B3N3/c7-9-8-6-4(11)1-3(10)2-5(6)12/h1-2,8-9H,7,10-12H2. The van der Waals surface area contributed by atoms with Gasteiger partial charge >= 0.3 is 0 Å². The summed E-state index contributed by atoms with van der Waals surface area (Å²) in [4.78, 5) is 0. The molecule has 0 fully saturated rings. The normalized spacial score (nSPS) is 9.33. The van der Waals surface area contributed by atoms with Crippen molar-refractivity contribution in [2.45, 2.75) is 0 Å². The predicted molar refractivity (Wildman–Crippen MR) is 62.2 cm³/mol. The molecule has 0 saturated heterocycles. The van der Waals surface area contributed by atoms with Gasteiger partial charge in [-0.25, -0.2) is 0 Å². The van der Waals surface area contributed by atoms with E-state index in [1.54, 1.807) is 12.1 Å². The van der Waals surface area contributed by atoms with Crippen molar-refractivity contribution >= 4 is 44.5 Å². The molecule has 0 bridgehead atoms. The van der Waals surface area contributed by atoms with Crippen LogP contribution in [-0.4, -0.2) is 22.0 Å². The minimum atomic E-state index is 0.629. The van der Waals surface area contributed by atoms with Crippen LogP contribution < -0.4 is 22.7 Å². The zero-order valence-electron chi connectivity index (χ0n) is 7.30. The SMILES string of the molecule is BBBc1c(N)cc(N)cc1N. The molecule has 0 saturated carbocycles. The molecule has 6 N–H and O–H groups in total. The number of hydrogen-bond acceptors (Lipinski definition) is 3. The maximum Gasteiger partial charge on any atom is 0.120 e. The maximum absolute atomic E-state index is 5.75. The van der Waals surface area contributed by atoms with Crippen LogP contribution in [0.2, 0.25) is 0 Å². The Morgan fingerprint density at radius 2 is 1.58 bits per heavy atom. The van der Waals surface area contributed by atoms with Crippen LogP contribution in [0.15, 0.2) is 12.1 Å². The van der Waals surface area contributed by atoms with E-state index in [1.165, 1.54) is 0 Å². The Hall–Kier alpha value is -1.19. The molecule has 0 aliphatic heterocycles. The molecule has 1 aromatic rings. The Kier molecular flexibility index (Phi) is 2.58. The zero-order valence-corrected chi connectivity index (χ0v) is 7.30. The Morgan fingerprint density at radius 3 is 2.00 bits per heavy atom. The summed E-state index contributed by atoms with van der Waals surface area (Å²) in [6.45, 7) is 0. The largest absolute Gasteiger partial charge is 0.399 e. The van der Waals surface area contributed by atoms with E-state index < -0.39 is 0 Å². The van der Waals surface area contributed by atoms with Gasteiger partial charge in [0.15, 0.2) is 0 Å². The van der Waals surface area contributed by atoms with Gasteiger partial charge in [-0.15, -0.1) is 0 Å². The second-order valence-electron chi connectivity index (χ2n) is 2.93. The third-order valence-corrected chi connectivity index (χ3v) is 1.84. The third kappa shape index (κ3) is 1.70. The molecule has 0 unspecified atom stereocenters. The van der Waals surface area contributed by atoms with Crippen molar-refractivity contribution in [1.82, 2.24) is 0 Å². The van der Waals surface area contributed by atoms with Crippen LogP contribution in [0, 0.1) is 0 Å². The smallest absolute Gasteiger partial charge is 0.120 e. The first-order valence-electron chi connectivity index (χ1n) is 4.08. The Bertz CT molecular complexity index is 266. The lowest BCUT2D eigenvalue weighted by molar-refractivity contribution is 1.69. The highest BCUT2D eigenvalue weighted by Crippen LogP contribution is 2.11. The van der Waals surface area contributed by atoms with E-state index in [0.29, 0.717) is 17.1 Å². The van der Waals surface area contributed by atoms with Crippen molar-refractivity contribution in [2.75, 3.05) is 17.2 Å². The summed E-state index contributed by atoms with van der Waals surface area (Å²) in [6.07, 6.45) is 0. The first-order valence-corrected chi connectivity index (χ1v) is 4.08. The molecule has 0 heterocycles. The summed E-state index contributed by atoms with van der Waals surface area (Å²) in [6, 6.07) is 3.50. The van der Waals surface area contributed by atoms with Gasteiger partial charge in [0.25, 0.3) is 0 Å². The van der Waals surface area contributed by atoms with Crippen molar-refractivity contribution < 1.29 is 0 Å². The topological polar surface area (TPSA) is 78.1 Å². The lowest BCUT2D eigenvalue weighted by Gasteiger charge is -2.08. The van der Waals surface area contributed by atoms with Crippen LogP contribution in [0.4, 0.5) is 17.1 Å². The van der Waals surface area contributed by atoms with E-state index in [4.69, 9.17) is 17.2 Å². The quantitative estimate of drug-likeness (QED) is 0.326. The summed E-state index contributed by atoms with van der Waals surface area (Å²) in [5.41, 5.74) is 20.1. The highest BCUT2D eigenvalue weighted by molar-refractivity contribution is 7.28. The molecule has 60 valence electrons. The van der Waals surface area contributed by atoms with Crippen LogP contribution in [0.5, 0.6) is 0 Å². The predicted octanol–water partition coefficient (Wildman–Crippen LogP) is -2.61. The molecule has 0 aromatic heterocycles. The second-order valence-corrected chi connectivity index (χ2v) is 2.93. The first kappa shape index (κ1) is 8.91. The summed E-state index contributed by atoms with van der Waals surface area (Å²) in [5.74, 6) is 0. The molecule has 6 heteroatoms. The van der Waals surface area contributed by atoms with Crippen molar-refractivity contribution in [3.05, 3.63) is 12.1 Å². The molecule has 12 heavy (non-hydrogen) atoms. The molecular formula is C6H12B3N3. The van der Waals surface area contributed by atoms with Crippen LogP contribution in [0.25, 0.3) is 0 Å². The van der Waals surface area contributed by atoms with Crippen LogP contribution in [0.3, 0.4) is 0 Å². The monoisotopic (exact) mass is 159 g/mol. The molecular weight excluding hydrogens is 147 g/mol. The van der Waals surface area contributed by atoms with Gasteiger partial charge in [0.1, 0.15) is 7.17 Å². The van der Waals surface area contributed by atoms with Gasteiger partial charge in [0.2, 0.25) is 0 Å². The molecule has 3 nitrogen and oxygen atoms in total. The van der Waals surface area contributed by atoms with Gasteiger partial charge in [0, 0.05) is 17.1 Å². The van der Waals surface area contributed by atoms with Gasteiger partial charge in [-0.2, -0.15) is 0 Å². The van der Waals surface area contributed by atoms with E-state index in [1.807, 2.05) is 0 Å². The van der Waals surface area contributed by atoms with Crippen LogP contribution in [-0.2, 0) is 0 Å². The number of rotatable bonds is 2. The molecule has 0 radical (unpaired) electrons. The van der Waals surface area contributed by atoms with Crippen molar-refractivity contribution in [1.29, 1.82) is 0 Å².